The number of halogens is 3. The van der Waals surface area contributed by atoms with Crippen LogP contribution in [0.2, 0.25) is 0 Å². The molecule has 1 aromatic heterocycles. The molecule has 3 N–H and O–H groups in total. The molecule has 5 rings (SSSR count). The smallest absolute Gasteiger partial charge is 0.419 e. The molecule has 1 amide bonds. The minimum absolute atomic E-state index is 0.146. The number of piperazine rings is 1. The van der Waals surface area contributed by atoms with Gasteiger partial charge in [-0.25, -0.2) is 9.97 Å². The Morgan fingerprint density at radius 1 is 1.15 bits per heavy atom. The number of nitrogens with zero attached hydrogens (tertiary/aromatic N) is 5. The van der Waals surface area contributed by atoms with Crippen LogP contribution < -0.4 is 20.3 Å². The fourth-order valence-electron chi connectivity index (χ4n) is 6.09. The van der Waals surface area contributed by atoms with Gasteiger partial charge in [0.25, 0.3) is 5.91 Å². The number of rotatable bonds is 13. The Balaban J connectivity index is 0.00000255. The Bertz CT molecular complexity index is 1390. The van der Waals surface area contributed by atoms with E-state index in [0.717, 1.165) is 82.9 Å². The van der Waals surface area contributed by atoms with Crippen LogP contribution in [0, 0.1) is 0 Å². The number of anilines is 1. The molecule has 2 unspecified atom stereocenters. The van der Waals surface area contributed by atoms with E-state index in [0.29, 0.717) is 42.5 Å². The topological polar surface area (TPSA) is 123 Å². The lowest BCUT2D eigenvalue weighted by Gasteiger charge is -2.34. The van der Waals surface area contributed by atoms with E-state index in [4.69, 9.17) is 9.84 Å². The van der Waals surface area contributed by atoms with Crippen LogP contribution >= 0.6 is 11.8 Å². The number of carbonyl (C=O) groups excluding carboxylic acids is 2. The predicted octanol–water partition coefficient (Wildman–Crippen LogP) is 4.20. The largest absolute Gasteiger partial charge is 0.493 e. The molecule has 0 spiro atoms. The maximum absolute atomic E-state index is 14.1. The van der Waals surface area contributed by atoms with E-state index in [1.54, 1.807) is 12.3 Å². The molecule has 15 heteroatoms. The minimum Gasteiger partial charge on any atom is -0.493 e. The quantitative estimate of drug-likeness (QED) is 0.262. The number of amides is 1. The Hall–Kier alpha value is -3.40. The van der Waals surface area contributed by atoms with Gasteiger partial charge in [0.1, 0.15) is 23.5 Å². The minimum atomic E-state index is -4.59. The van der Waals surface area contributed by atoms with Gasteiger partial charge in [-0.2, -0.15) is 13.2 Å². The highest BCUT2D eigenvalue weighted by molar-refractivity contribution is 8.04. The molecule has 4 heterocycles. The lowest BCUT2D eigenvalue weighted by atomic mass is 10.1. The van der Waals surface area contributed by atoms with Crippen LogP contribution in [0.5, 0.6) is 5.75 Å². The van der Waals surface area contributed by atoms with E-state index in [1.807, 2.05) is 6.92 Å². The highest BCUT2D eigenvalue weighted by atomic mass is 32.2. The number of aliphatic hydroxyl groups is 1. The van der Waals surface area contributed by atoms with E-state index < -0.39 is 23.1 Å². The monoisotopic (exact) mass is 693 g/mol. The molecule has 48 heavy (non-hydrogen) atoms. The van der Waals surface area contributed by atoms with Crippen molar-refractivity contribution >= 4 is 35.5 Å². The summed E-state index contributed by atoms with van der Waals surface area (Å²) in [6.45, 7) is 9.54. The van der Waals surface area contributed by atoms with E-state index >= 15 is 0 Å². The highest BCUT2D eigenvalue weighted by Crippen LogP contribution is 2.41. The summed E-state index contributed by atoms with van der Waals surface area (Å²) in [4.78, 5) is 40.3. The summed E-state index contributed by atoms with van der Waals surface area (Å²) in [5, 5.41) is 13.2. The molecule has 0 saturated carbocycles. The van der Waals surface area contributed by atoms with Crippen LogP contribution in [0.3, 0.4) is 0 Å². The van der Waals surface area contributed by atoms with E-state index in [2.05, 4.69) is 42.2 Å². The van der Waals surface area contributed by atoms with Crippen molar-refractivity contribution in [1.82, 2.24) is 30.4 Å². The maximum Gasteiger partial charge on any atom is 0.419 e. The van der Waals surface area contributed by atoms with Crippen molar-refractivity contribution in [2.75, 3.05) is 64.4 Å². The van der Waals surface area contributed by atoms with Crippen LogP contribution in [0.15, 0.2) is 35.5 Å². The van der Waals surface area contributed by atoms with Gasteiger partial charge in [-0.15, -0.1) is 0 Å². The molecule has 264 valence electrons. The molecule has 2 aromatic rings. The fraction of sp³-hybridized carbons (Fsp3) is 0.576. The zero-order valence-electron chi connectivity index (χ0n) is 27.8. The van der Waals surface area contributed by atoms with Crippen molar-refractivity contribution < 1.29 is 32.6 Å². The summed E-state index contributed by atoms with van der Waals surface area (Å²) in [6, 6.07) is 4.56. The third-order valence-corrected chi connectivity index (χ3v) is 9.65. The van der Waals surface area contributed by atoms with Gasteiger partial charge in [-0.05, 0) is 56.0 Å². The van der Waals surface area contributed by atoms with Crippen molar-refractivity contribution in [3.63, 3.8) is 0 Å². The highest BCUT2D eigenvalue weighted by Gasteiger charge is 2.37. The van der Waals surface area contributed by atoms with Gasteiger partial charge in [0.2, 0.25) is 0 Å². The van der Waals surface area contributed by atoms with Crippen LogP contribution in [0.25, 0.3) is 5.70 Å². The molecule has 1 aromatic carbocycles. The number of nitrogens with one attached hydrogen (secondary N) is 2. The number of benzene rings is 1. The number of thioether (sulfide) groups is 1. The molecular weight excluding hydrogens is 647 g/mol. The Morgan fingerprint density at radius 3 is 2.56 bits per heavy atom. The normalized spacial score (nSPS) is 20.3. The van der Waals surface area contributed by atoms with Crippen LogP contribution in [-0.4, -0.2) is 108 Å². The third kappa shape index (κ3) is 9.61. The van der Waals surface area contributed by atoms with E-state index in [1.165, 1.54) is 24.0 Å². The second-order valence-corrected chi connectivity index (χ2v) is 12.9. The van der Waals surface area contributed by atoms with Gasteiger partial charge >= 0.3 is 6.18 Å². The molecule has 0 bridgehead atoms. The number of likely N-dealkylation sites (tertiary alicyclic amines) is 1. The number of alkyl halides is 3. The van der Waals surface area contributed by atoms with Gasteiger partial charge in [0.15, 0.2) is 5.50 Å². The summed E-state index contributed by atoms with van der Waals surface area (Å²) in [6.07, 6.45) is 3.63. The zero-order chi connectivity index (χ0) is 34.7. The number of hydrogen-bond donors (Lipinski definition) is 3. The van der Waals surface area contributed by atoms with Crippen molar-refractivity contribution in [2.45, 2.75) is 63.7 Å². The molecule has 11 nitrogen and oxygen atoms in total. The van der Waals surface area contributed by atoms with Crippen molar-refractivity contribution in [3.8, 4) is 5.75 Å². The SMILES string of the molecule is CCCOc1ccc(C2=C(CN3CCCC3CC)SC(NC(=O)c3cnc(N4CCN(CCC=O)CC4)cn3)N2)cc1C(F)(F)F.CO. The van der Waals surface area contributed by atoms with Crippen LogP contribution in [0.1, 0.15) is 67.6 Å². The molecule has 2 atom stereocenters. The summed E-state index contributed by atoms with van der Waals surface area (Å²) in [7, 11) is 1.00. The molecule has 3 aliphatic heterocycles. The number of ether oxygens (including phenoxy) is 1. The average molecular weight is 694 g/mol. The number of aliphatic hydroxyl groups excluding tert-OH is 1. The van der Waals surface area contributed by atoms with Crippen molar-refractivity contribution in [3.05, 3.63) is 52.3 Å². The van der Waals surface area contributed by atoms with E-state index in [9.17, 15) is 22.8 Å². The Kier molecular flexibility index (Phi) is 13.9. The van der Waals surface area contributed by atoms with Gasteiger partial charge in [-0.1, -0.05) is 25.6 Å². The lowest BCUT2D eigenvalue weighted by Crippen LogP contribution is -2.47. The second kappa shape index (κ2) is 17.8. The predicted molar refractivity (Wildman–Crippen MR) is 181 cm³/mol. The molecule has 0 aliphatic carbocycles. The molecule has 3 aliphatic rings. The molecular formula is C33H46F3N7O4S. The van der Waals surface area contributed by atoms with Crippen LogP contribution in [0.4, 0.5) is 19.0 Å². The first kappa shape index (κ1) is 37.4. The number of hydrogen-bond acceptors (Lipinski definition) is 11. The van der Waals surface area contributed by atoms with Gasteiger partial charge < -0.3 is 30.2 Å². The number of aromatic nitrogens is 2. The number of carbonyl (C=O) groups is 2. The Labute approximate surface area is 284 Å². The second-order valence-electron chi connectivity index (χ2n) is 11.7. The van der Waals surface area contributed by atoms with E-state index in [-0.39, 0.29) is 18.1 Å². The van der Waals surface area contributed by atoms with Crippen LogP contribution in [-0.2, 0) is 11.0 Å². The van der Waals surface area contributed by atoms with Crippen molar-refractivity contribution in [1.29, 1.82) is 0 Å². The maximum atomic E-state index is 14.1. The summed E-state index contributed by atoms with van der Waals surface area (Å²) >= 11 is 1.40. The standard InChI is InChI=1S/C32H42F3N7O3S.CH4O/c1-3-17-45-26-9-8-22(18-24(26)32(33,34)35)29-27(21-42-11-5-7-23(42)4-2)46-31(38-29)39-30(44)25-19-37-28(20-36-25)41-14-12-40(13-15-41)10-6-16-43;1-2/h8-9,16,18-20,23,31,38H,3-7,10-15,17,21H2,1-2H3,(H,39,44);2H,1H3. The van der Waals surface area contributed by atoms with Gasteiger partial charge in [0.05, 0.1) is 30.3 Å². The zero-order valence-corrected chi connectivity index (χ0v) is 28.6. The fourth-order valence-corrected chi connectivity index (χ4v) is 7.26. The first-order chi connectivity index (χ1) is 23.2. The lowest BCUT2D eigenvalue weighted by molar-refractivity contribution is -0.139. The summed E-state index contributed by atoms with van der Waals surface area (Å²) < 4.78 is 47.7. The average Bonchev–Trinajstić information content (AvgIpc) is 3.73. The number of aldehydes is 1. The first-order valence-corrected chi connectivity index (χ1v) is 17.3. The summed E-state index contributed by atoms with van der Waals surface area (Å²) in [5.41, 5.74) is -0.328. The third-order valence-electron chi connectivity index (χ3n) is 8.56. The van der Waals surface area contributed by atoms with Gasteiger partial charge in [-0.3, -0.25) is 14.6 Å². The van der Waals surface area contributed by atoms with Crippen molar-refractivity contribution in [2.24, 2.45) is 0 Å². The molecule has 0 radical (unpaired) electrons. The molecule has 2 saturated heterocycles. The first-order valence-electron chi connectivity index (χ1n) is 16.4. The molecule has 2 fully saturated rings. The summed E-state index contributed by atoms with van der Waals surface area (Å²) in [5.74, 6) is 0.0486. The Morgan fingerprint density at radius 2 is 1.92 bits per heavy atom. The van der Waals surface area contributed by atoms with Gasteiger partial charge in [0, 0.05) is 63.7 Å².